The molecule has 3 aromatic carbocycles. The summed E-state index contributed by atoms with van der Waals surface area (Å²) in [5.41, 5.74) is 8.98. The van der Waals surface area contributed by atoms with Crippen molar-refractivity contribution in [2.75, 3.05) is 0 Å². The Bertz CT molecular complexity index is 1210. The molecule has 0 saturated heterocycles. The molecule has 160 valence electrons. The van der Waals surface area contributed by atoms with Gasteiger partial charge in [-0.15, -0.1) is 10.2 Å². The topological polar surface area (TPSA) is 88.9 Å². The van der Waals surface area contributed by atoms with Gasteiger partial charge in [-0.3, -0.25) is 20.4 Å². The maximum absolute atomic E-state index is 12.4. The van der Waals surface area contributed by atoms with E-state index in [0.717, 1.165) is 21.8 Å². The van der Waals surface area contributed by atoms with E-state index in [-0.39, 0.29) is 11.8 Å². The molecule has 0 fully saturated rings. The van der Waals surface area contributed by atoms with Crippen molar-refractivity contribution in [3.05, 3.63) is 102 Å². The fraction of sp³-hybridized carbons (Fsp3) is 0.0833. The van der Waals surface area contributed by atoms with Crippen molar-refractivity contribution in [2.45, 2.75) is 10.9 Å². The Kier molecular flexibility index (Phi) is 6.62. The van der Waals surface area contributed by atoms with Gasteiger partial charge in [0.05, 0.1) is 0 Å². The van der Waals surface area contributed by atoms with Crippen molar-refractivity contribution < 1.29 is 9.59 Å². The SMILES string of the molecule is Cn1cnnc1SCc1ccc(C(=O)NNC(=O)c2ccc(-c3ccccc3)cc2)cc1. The summed E-state index contributed by atoms with van der Waals surface area (Å²) in [6.07, 6.45) is 1.65. The third-order valence-corrected chi connectivity index (χ3v) is 5.90. The second-order valence-electron chi connectivity index (χ2n) is 7.06. The van der Waals surface area contributed by atoms with Gasteiger partial charge >= 0.3 is 0 Å². The summed E-state index contributed by atoms with van der Waals surface area (Å²) < 4.78 is 1.85. The zero-order chi connectivity index (χ0) is 22.3. The van der Waals surface area contributed by atoms with Gasteiger partial charge in [0.15, 0.2) is 5.16 Å². The van der Waals surface area contributed by atoms with E-state index in [1.807, 2.05) is 66.2 Å². The molecular weight excluding hydrogens is 422 g/mol. The lowest BCUT2D eigenvalue weighted by Crippen LogP contribution is -2.41. The lowest BCUT2D eigenvalue weighted by Gasteiger charge is -2.09. The van der Waals surface area contributed by atoms with E-state index < -0.39 is 0 Å². The minimum Gasteiger partial charge on any atom is -0.312 e. The lowest BCUT2D eigenvalue weighted by atomic mass is 10.0. The van der Waals surface area contributed by atoms with Gasteiger partial charge in [-0.25, -0.2) is 0 Å². The van der Waals surface area contributed by atoms with Crippen molar-refractivity contribution in [2.24, 2.45) is 7.05 Å². The van der Waals surface area contributed by atoms with Crippen LogP contribution in [0.5, 0.6) is 0 Å². The summed E-state index contributed by atoms with van der Waals surface area (Å²) in [4.78, 5) is 24.7. The van der Waals surface area contributed by atoms with Crippen molar-refractivity contribution >= 4 is 23.6 Å². The van der Waals surface area contributed by atoms with Gasteiger partial charge in [-0.05, 0) is 41.0 Å². The van der Waals surface area contributed by atoms with Crippen LogP contribution in [-0.4, -0.2) is 26.6 Å². The summed E-state index contributed by atoms with van der Waals surface area (Å²) in [5, 5.41) is 8.71. The molecule has 0 saturated carbocycles. The first-order valence-corrected chi connectivity index (χ1v) is 10.9. The highest BCUT2D eigenvalue weighted by molar-refractivity contribution is 7.98. The third kappa shape index (κ3) is 5.22. The van der Waals surface area contributed by atoms with Gasteiger partial charge in [0.1, 0.15) is 6.33 Å². The smallest absolute Gasteiger partial charge is 0.269 e. The zero-order valence-electron chi connectivity index (χ0n) is 17.4. The summed E-state index contributed by atoms with van der Waals surface area (Å²) in [6.45, 7) is 0. The fourth-order valence-corrected chi connectivity index (χ4v) is 3.85. The normalized spacial score (nSPS) is 10.5. The van der Waals surface area contributed by atoms with Gasteiger partial charge in [-0.2, -0.15) is 0 Å². The van der Waals surface area contributed by atoms with E-state index >= 15 is 0 Å². The summed E-state index contributed by atoms with van der Waals surface area (Å²) >= 11 is 1.56. The maximum Gasteiger partial charge on any atom is 0.269 e. The number of hydrogen-bond acceptors (Lipinski definition) is 5. The van der Waals surface area contributed by atoms with E-state index in [0.29, 0.717) is 16.9 Å². The number of nitrogens with zero attached hydrogens (tertiary/aromatic N) is 3. The molecule has 0 aliphatic carbocycles. The molecule has 8 heteroatoms. The number of carbonyl (C=O) groups excluding carboxylic acids is 2. The summed E-state index contributed by atoms with van der Waals surface area (Å²) in [5.74, 6) is -0.0501. The number of carbonyl (C=O) groups is 2. The monoisotopic (exact) mass is 443 g/mol. The molecule has 32 heavy (non-hydrogen) atoms. The number of thioether (sulfide) groups is 1. The molecular formula is C24H21N5O2S. The Morgan fingerprint density at radius 2 is 1.38 bits per heavy atom. The minimum atomic E-state index is -0.383. The predicted octanol–water partition coefficient (Wildman–Crippen LogP) is 3.85. The molecule has 0 spiro atoms. The highest BCUT2D eigenvalue weighted by Crippen LogP contribution is 2.20. The number of aromatic nitrogens is 3. The summed E-state index contributed by atoms with van der Waals surface area (Å²) in [7, 11) is 1.89. The van der Waals surface area contributed by atoms with Crippen molar-refractivity contribution in [3.63, 3.8) is 0 Å². The van der Waals surface area contributed by atoms with Crippen LogP contribution in [0.4, 0.5) is 0 Å². The Labute approximate surface area is 189 Å². The second kappa shape index (κ2) is 9.93. The highest BCUT2D eigenvalue weighted by atomic mass is 32.2. The van der Waals surface area contributed by atoms with Crippen LogP contribution < -0.4 is 10.9 Å². The first-order valence-electron chi connectivity index (χ1n) is 9.92. The van der Waals surface area contributed by atoms with Gasteiger partial charge in [0.25, 0.3) is 11.8 Å². The zero-order valence-corrected chi connectivity index (χ0v) is 18.2. The van der Waals surface area contributed by atoms with E-state index in [1.54, 1.807) is 42.4 Å². The van der Waals surface area contributed by atoms with Crippen LogP contribution in [-0.2, 0) is 12.8 Å². The third-order valence-electron chi connectivity index (χ3n) is 4.80. The van der Waals surface area contributed by atoms with Crippen LogP contribution in [0.25, 0.3) is 11.1 Å². The Morgan fingerprint density at radius 3 is 1.94 bits per heavy atom. The van der Waals surface area contributed by atoms with Gasteiger partial charge < -0.3 is 4.57 Å². The number of rotatable bonds is 6. The van der Waals surface area contributed by atoms with Crippen LogP contribution >= 0.6 is 11.8 Å². The number of hydrazine groups is 1. The Hall–Kier alpha value is -3.91. The largest absolute Gasteiger partial charge is 0.312 e. The van der Waals surface area contributed by atoms with Crippen LogP contribution in [0.15, 0.2) is 90.3 Å². The van der Waals surface area contributed by atoms with Crippen molar-refractivity contribution in [1.82, 2.24) is 25.6 Å². The quantitative estimate of drug-likeness (QED) is 0.349. The van der Waals surface area contributed by atoms with Crippen LogP contribution in [0.2, 0.25) is 0 Å². The average Bonchev–Trinajstić information content (AvgIpc) is 3.26. The molecule has 0 aliphatic heterocycles. The molecule has 0 aliphatic rings. The molecule has 4 aromatic rings. The van der Waals surface area contributed by atoms with Crippen LogP contribution in [0.3, 0.4) is 0 Å². The van der Waals surface area contributed by atoms with Crippen LogP contribution in [0, 0.1) is 0 Å². The predicted molar refractivity (Wildman–Crippen MR) is 124 cm³/mol. The molecule has 0 unspecified atom stereocenters. The molecule has 1 heterocycles. The first-order chi connectivity index (χ1) is 15.6. The molecule has 1 aromatic heterocycles. The molecule has 2 amide bonds. The maximum atomic E-state index is 12.4. The van der Waals surface area contributed by atoms with Crippen molar-refractivity contribution in [1.29, 1.82) is 0 Å². The van der Waals surface area contributed by atoms with E-state index in [9.17, 15) is 9.59 Å². The van der Waals surface area contributed by atoms with Crippen molar-refractivity contribution in [3.8, 4) is 11.1 Å². The Balaban J connectivity index is 1.29. The molecule has 0 bridgehead atoms. The number of amides is 2. The van der Waals surface area contributed by atoms with Gasteiger partial charge in [0.2, 0.25) is 0 Å². The van der Waals surface area contributed by atoms with E-state index in [4.69, 9.17) is 0 Å². The van der Waals surface area contributed by atoms with Gasteiger partial charge in [-0.1, -0.05) is 66.4 Å². The molecule has 0 radical (unpaired) electrons. The number of aryl methyl sites for hydroxylation is 1. The molecule has 2 N–H and O–H groups in total. The number of benzene rings is 3. The summed E-state index contributed by atoms with van der Waals surface area (Å²) in [6, 6.07) is 24.3. The van der Waals surface area contributed by atoms with E-state index in [2.05, 4.69) is 21.0 Å². The second-order valence-corrected chi connectivity index (χ2v) is 8.00. The average molecular weight is 444 g/mol. The fourth-order valence-electron chi connectivity index (χ4n) is 3.01. The van der Waals surface area contributed by atoms with E-state index in [1.165, 1.54) is 0 Å². The Morgan fingerprint density at radius 1 is 0.812 bits per heavy atom. The molecule has 0 atom stereocenters. The lowest BCUT2D eigenvalue weighted by molar-refractivity contribution is 0.0846. The van der Waals surface area contributed by atoms with Gasteiger partial charge in [0, 0.05) is 23.9 Å². The standard InChI is InChI=1S/C24H21N5O2S/c1-29-16-25-28-24(29)32-15-17-7-9-20(10-8-17)22(30)26-27-23(31)21-13-11-19(12-14-21)18-5-3-2-4-6-18/h2-14,16H,15H2,1H3,(H,26,30)(H,27,31). The van der Waals surface area contributed by atoms with Crippen LogP contribution in [0.1, 0.15) is 26.3 Å². The molecule has 7 nitrogen and oxygen atoms in total. The number of nitrogens with one attached hydrogen (secondary N) is 2. The number of hydrogen-bond donors (Lipinski definition) is 2. The highest BCUT2D eigenvalue weighted by Gasteiger charge is 2.10. The first kappa shape index (κ1) is 21.3. The minimum absolute atomic E-state index is 0.380. The molecule has 4 rings (SSSR count).